The molecule has 0 aliphatic rings. The minimum Gasteiger partial charge on any atom is -0.449 e. The second-order valence-corrected chi connectivity index (χ2v) is 3.80. The molecule has 1 heterocycles. The number of carbonyl (C=O) groups is 2. The molecule has 0 aliphatic carbocycles. The Hall–Kier alpha value is -1.83. The van der Waals surface area contributed by atoms with Crippen LogP contribution in [0, 0.1) is 6.92 Å². The van der Waals surface area contributed by atoms with Gasteiger partial charge < -0.3 is 10.1 Å². The maximum atomic E-state index is 11.8. The maximum Gasteiger partial charge on any atom is 0.426 e. The molecule has 94 valence electrons. The van der Waals surface area contributed by atoms with Crippen LogP contribution in [-0.4, -0.2) is 30.0 Å². The molecule has 3 N–H and O–H groups in total. The van der Waals surface area contributed by atoms with Gasteiger partial charge in [-0.2, -0.15) is 4.37 Å². The Bertz CT molecular complexity index is 418. The van der Waals surface area contributed by atoms with Crippen LogP contribution in [0.5, 0.6) is 0 Å². The molecule has 0 fully saturated rings. The number of carbonyl (C=O) groups excluding carboxylic acids is 2. The molecule has 17 heavy (non-hydrogen) atoms. The van der Waals surface area contributed by atoms with Gasteiger partial charge in [-0.25, -0.2) is 10.2 Å². The molecule has 1 rings (SSSR count). The molecular weight excluding hydrogens is 244 g/mol. The zero-order chi connectivity index (χ0) is 12.8. The number of hydrogen-bond acceptors (Lipinski definition) is 6. The molecule has 1 aromatic rings. The topological polar surface area (TPSA) is 92.4 Å². The van der Waals surface area contributed by atoms with Crippen LogP contribution in [0.25, 0.3) is 0 Å². The van der Waals surface area contributed by atoms with Gasteiger partial charge >= 0.3 is 6.09 Å². The Morgan fingerprint density at radius 1 is 1.41 bits per heavy atom. The minimum atomic E-state index is -0.701. The predicted molar refractivity (Wildman–Crippen MR) is 64.0 cm³/mol. The number of hydrazine groups is 1. The number of aromatic nitrogens is 1. The van der Waals surface area contributed by atoms with Crippen molar-refractivity contribution in [2.75, 3.05) is 19.0 Å². The lowest BCUT2D eigenvalue weighted by molar-refractivity contribution is 0.0913. The zero-order valence-electron chi connectivity index (χ0n) is 9.79. The normalized spacial score (nSPS) is 9.59. The van der Waals surface area contributed by atoms with Crippen molar-refractivity contribution in [2.24, 2.45) is 0 Å². The minimum absolute atomic E-state index is 0.239. The molecule has 7 nitrogen and oxygen atoms in total. The summed E-state index contributed by atoms with van der Waals surface area (Å²) in [5.41, 5.74) is 5.40. The van der Waals surface area contributed by atoms with Gasteiger partial charge in [0, 0.05) is 7.05 Å². The second kappa shape index (κ2) is 6.04. The monoisotopic (exact) mass is 258 g/mol. The molecule has 2 amide bonds. The molecular formula is C9H14N4O3S. The van der Waals surface area contributed by atoms with E-state index in [1.807, 2.05) is 0 Å². The van der Waals surface area contributed by atoms with E-state index in [0.717, 1.165) is 0 Å². The van der Waals surface area contributed by atoms with Crippen molar-refractivity contribution < 1.29 is 14.3 Å². The van der Waals surface area contributed by atoms with Gasteiger partial charge in [-0.05, 0) is 25.4 Å². The highest BCUT2D eigenvalue weighted by molar-refractivity contribution is 7.10. The van der Waals surface area contributed by atoms with E-state index in [4.69, 9.17) is 0 Å². The van der Waals surface area contributed by atoms with Gasteiger partial charge in [-0.15, -0.1) is 0 Å². The van der Waals surface area contributed by atoms with Gasteiger partial charge in [0.1, 0.15) is 5.00 Å². The molecule has 0 saturated carbocycles. The zero-order valence-corrected chi connectivity index (χ0v) is 10.6. The van der Waals surface area contributed by atoms with Gasteiger partial charge in [0.05, 0.1) is 17.9 Å². The highest BCUT2D eigenvalue weighted by atomic mass is 32.1. The van der Waals surface area contributed by atoms with Gasteiger partial charge in [0.15, 0.2) is 0 Å². The number of rotatable bonds is 3. The Morgan fingerprint density at radius 3 is 2.71 bits per heavy atom. The van der Waals surface area contributed by atoms with Crippen LogP contribution in [-0.2, 0) is 4.74 Å². The number of anilines is 1. The van der Waals surface area contributed by atoms with Gasteiger partial charge in [0.2, 0.25) is 0 Å². The first-order valence-corrected chi connectivity index (χ1v) is 5.74. The fourth-order valence-corrected chi connectivity index (χ4v) is 1.89. The summed E-state index contributed by atoms with van der Waals surface area (Å²) in [6, 6.07) is 0. The number of hydrogen-bond donors (Lipinski definition) is 3. The second-order valence-electron chi connectivity index (χ2n) is 3.02. The third kappa shape index (κ3) is 3.31. The Kier molecular flexibility index (Phi) is 4.70. The molecule has 8 heteroatoms. The SMILES string of the molecule is CCOC(=O)NNC(=O)c1c(C)nsc1NC. The van der Waals surface area contributed by atoms with Crippen LogP contribution in [0.1, 0.15) is 23.0 Å². The molecule has 0 saturated heterocycles. The van der Waals surface area contributed by atoms with Gasteiger partial charge in [0.25, 0.3) is 5.91 Å². The summed E-state index contributed by atoms with van der Waals surface area (Å²) in [4.78, 5) is 22.7. The van der Waals surface area contributed by atoms with E-state index in [-0.39, 0.29) is 6.61 Å². The van der Waals surface area contributed by atoms with Crippen LogP contribution < -0.4 is 16.2 Å². The first-order valence-electron chi connectivity index (χ1n) is 4.97. The Morgan fingerprint density at radius 2 is 2.12 bits per heavy atom. The first kappa shape index (κ1) is 13.2. The summed E-state index contributed by atoms with van der Waals surface area (Å²) in [7, 11) is 1.70. The summed E-state index contributed by atoms with van der Waals surface area (Å²) in [6.07, 6.45) is -0.701. The van der Waals surface area contributed by atoms with Crippen LogP contribution >= 0.6 is 11.5 Å². The predicted octanol–water partition coefficient (Wildman–Crippen LogP) is 0.884. The largest absolute Gasteiger partial charge is 0.449 e. The molecule has 0 radical (unpaired) electrons. The van der Waals surface area contributed by atoms with E-state index >= 15 is 0 Å². The smallest absolute Gasteiger partial charge is 0.426 e. The van der Waals surface area contributed by atoms with Crippen LogP contribution in [0.3, 0.4) is 0 Å². The molecule has 0 bridgehead atoms. The number of ether oxygens (including phenoxy) is 1. The lowest BCUT2D eigenvalue weighted by Crippen LogP contribution is -2.42. The maximum absolute atomic E-state index is 11.8. The van der Waals surface area contributed by atoms with E-state index in [2.05, 4.69) is 25.3 Å². The van der Waals surface area contributed by atoms with Crippen molar-refractivity contribution in [2.45, 2.75) is 13.8 Å². The van der Waals surface area contributed by atoms with Crippen molar-refractivity contribution in [3.05, 3.63) is 11.3 Å². The first-order chi connectivity index (χ1) is 8.10. The number of nitrogens with one attached hydrogen (secondary N) is 3. The van der Waals surface area contributed by atoms with Crippen molar-refractivity contribution in [1.29, 1.82) is 0 Å². The van der Waals surface area contributed by atoms with Crippen molar-refractivity contribution in [3.63, 3.8) is 0 Å². The van der Waals surface area contributed by atoms with Gasteiger partial charge in [-0.1, -0.05) is 0 Å². The Balaban J connectivity index is 2.63. The Labute approximate surface area is 103 Å². The molecule has 0 atom stereocenters. The highest BCUT2D eigenvalue weighted by Gasteiger charge is 2.18. The van der Waals surface area contributed by atoms with Crippen LogP contribution in [0.15, 0.2) is 0 Å². The summed E-state index contributed by atoms with van der Waals surface area (Å²) in [5.74, 6) is -0.436. The summed E-state index contributed by atoms with van der Waals surface area (Å²) >= 11 is 1.18. The molecule has 0 aromatic carbocycles. The summed E-state index contributed by atoms with van der Waals surface area (Å²) in [6.45, 7) is 3.63. The molecule has 0 aliphatic heterocycles. The lowest BCUT2D eigenvalue weighted by Gasteiger charge is -2.07. The van der Waals surface area contributed by atoms with E-state index in [1.54, 1.807) is 20.9 Å². The van der Waals surface area contributed by atoms with Crippen LogP contribution in [0.2, 0.25) is 0 Å². The lowest BCUT2D eigenvalue weighted by atomic mass is 10.2. The summed E-state index contributed by atoms with van der Waals surface area (Å²) in [5, 5.41) is 3.51. The van der Waals surface area contributed by atoms with Crippen molar-refractivity contribution in [3.8, 4) is 0 Å². The molecule has 0 unspecified atom stereocenters. The van der Waals surface area contributed by atoms with Gasteiger partial charge in [-0.3, -0.25) is 10.2 Å². The fourth-order valence-electron chi connectivity index (χ4n) is 1.15. The standard InChI is InChI=1S/C9H14N4O3S/c1-4-16-9(15)12-11-7(14)6-5(2)13-17-8(6)10-3/h10H,4H2,1-3H3,(H,11,14)(H,12,15). The number of amides is 2. The van der Waals surface area contributed by atoms with E-state index < -0.39 is 12.0 Å². The molecule has 0 spiro atoms. The average molecular weight is 258 g/mol. The van der Waals surface area contributed by atoms with E-state index in [1.165, 1.54) is 11.5 Å². The number of nitrogens with zero attached hydrogens (tertiary/aromatic N) is 1. The summed E-state index contributed by atoms with van der Waals surface area (Å²) < 4.78 is 8.65. The molecule has 1 aromatic heterocycles. The third-order valence-electron chi connectivity index (χ3n) is 1.87. The van der Waals surface area contributed by atoms with Crippen molar-refractivity contribution in [1.82, 2.24) is 15.2 Å². The van der Waals surface area contributed by atoms with E-state index in [0.29, 0.717) is 16.3 Å². The van der Waals surface area contributed by atoms with Crippen molar-refractivity contribution >= 4 is 28.5 Å². The quantitative estimate of drug-likeness (QED) is 0.700. The van der Waals surface area contributed by atoms with E-state index in [9.17, 15) is 9.59 Å². The third-order valence-corrected chi connectivity index (χ3v) is 2.83. The average Bonchev–Trinajstić information content (AvgIpc) is 2.68. The number of aryl methyl sites for hydroxylation is 1. The fraction of sp³-hybridized carbons (Fsp3) is 0.444. The van der Waals surface area contributed by atoms with Crippen LogP contribution in [0.4, 0.5) is 9.80 Å². The highest BCUT2D eigenvalue weighted by Crippen LogP contribution is 2.23.